The molecule has 0 aliphatic rings. The summed E-state index contributed by atoms with van der Waals surface area (Å²) in [6, 6.07) is 5.77. The minimum atomic E-state index is -0.712. The van der Waals surface area contributed by atoms with Gasteiger partial charge in [0, 0.05) is 5.56 Å². The summed E-state index contributed by atoms with van der Waals surface area (Å²) in [7, 11) is 0. The van der Waals surface area contributed by atoms with E-state index in [1.54, 1.807) is 18.2 Å². The van der Waals surface area contributed by atoms with Crippen LogP contribution >= 0.6 is 12.4 Å². The van der Waals surface area contributed by atoms with Crippen LogP contribution < -0.4 is 5.73 Å². The molecule has 0 bridgehead atoms. The Morgan fingerprint density at radius 1 is 1.42 bits per heavy atom. The predicted molar refractivity (Wildman–Crippen MR) is 48.3 cm³/mol. The van der Waals surface area contributed by atoms with E-state index in [9.17, 15) is 4.39 Å². The summed E-state index contributed by atoms with van der Waals surface area (Å²) in [6.45, 7) is -0.655. The quantitative estimate of drug-likeness (QED) is 0.749. The lowest BCUT2D eigenvalue weighted by atomic mass is 10.1. The van der Waals surface area contributed by atoms with Gasteiger partial charge in [0.2, 0.25) is 0 Å². The third-order valence-electron chi connectivity index (χ3n) is 1.50. The molecule has 0 saturated carbocycles. The third kappa shape index (κ3) is 2.36. The van der Waals surface area contributed by atoms with Crippen LogP contribution in [0.2, 0.25) is 0 Å². The van der Waals surface area contributed by atoms with Crippen molar-refractivity contribution < 1.29 is 9.50 Å². The molecule has 2 nitrogen and oxygen atoms in total. The van der Waals surface area contributed by atoms with Gasteiger partial charge in [-0.25, -0.2) is 4.39 Å². The minimum absolute atomic E-state index is 0. The molecule has 0 heterocycles. The van der Waals surface area contributed by atoms with Crippen molar-refractivity contribution in [1.29, 1.82) is 0 Å². The maximum atomic E-state index is 12.0. The highest BCUT2D eigenvalue weighted by molar-refractivity contribution is 5.85. The number of halogens is 2. The zero-order valence-corrected chi connectivity index (χ0v) is 7.22. The van der Waals surface area contributed by atoms with E-state index in [-0.39, 0.29) is 18.2 Å². The normalized spacial score (nSPS) is 11.8. The van der Waals surface area contributed by atoms with Gasteiger partial charge in [-0.05, 0) is 6.07 Å². The van der Waals surface area contributed by atoms with Crippen LogP contribution in [0.25, 0.3) is 0 Å². The highest BCUT2D eigenvalue weighted by Crippen LogP contribution is 2.21. The van der Waals surface area contributed by atoms with E-state index in [2.05, 4.69) is 0 Å². The smallest absolute Gasteiger partial charge is 0.120 e. The van der Waals surface area contributed by atoms with Crippen molar-refractivity contribution in [3.63, 3.8) is 0 Å². The molecule has 12 heavy (non-hydrogen) atoms. The maximum absolute atomic E-state index is 12.0. The molecule has 1 aromatic rings. The maximum Gasteiger partial charge on any atom is 0.120 e. The largest absolute Gasteiger partial charge is 0.508 e. The fraction of sp³-hybridized carbons (Fsp3) is 0.250. The number of hydrogen-bond donors (Lipinski definition) is 2. The van der Waals surface area contributed by atoms with E-state index in [0.717, 1.165) is 0 Å². The number of phenols is 1. The lowest BCUT2D eigenvalue weighted by molar-refractivity contribution is 0.414. The molecular weight excluding hydrogens is 181 g/mol. The molecule has 4 heteroatoms. The van der Waals surface area contributed by atoms with Crippen molar-refractivity contribution >= 4 is 12.4 Å². The first-order valence-corrected chi connectivity index (χ1v) is 3.35. The zero-order valence-electron chi connectivity index (χ0n) is 6.40. The van der Waals surface area contributed by atoms with Crippen LogP contribution in [0.5, 0.6) is 5.75 Å². The number of alkyl halides is 1. The van der Waals surface area contributed by atoms with Crippen LogP contribution in [-0.4, -0.2) is 11.8 Å². The average Bonchev–Trinajstić information content (AvgIpc) is 2.04. The van der Waals surface area contributed by atoms with Crippen molar-refractivity contribution in [2.75, 3.05) is 6.67 Å². The molecule has 0 aliphatic heterocycles. The molecule has 3 N–H and O–H groups in total. The lowest BCUT2D eigenvalue weighted by Crippen LogP contribution is -2.11. The van der Waals surface area contributed by atoms with E-state index >= 15 is 0 Å². The summed E-state index contributed by atoms with van der Waals surface area (Å²) in [5, 5.41) is 9.17. The van der Waals surface area contributed by atoms with Crippen molar-refractivity contribution in [2.24, 2.45) is 5.73 Å². The second-order valence-corrected chi connectivity index (χ2v) is 2.32. The van der Waals surface area contributed by atoms with E-state index < -0.39 is 12.7 Å². The summed E-state index contributed by atoms with van der Waals surface area (Å²) in [6.07, 6.45) is 0. The van der Waals surface area contributed by atoms with Gasteiger partial charge >= 0.3 is 0 Å². The molecule has 0 radical (unpaired) electrons. The molecule has 0 amide bonds. The number of phenolic OH excluding ortho intramolecular Hbond substituents is 1. The SMILES string of the molecule is Cl.N[C@H](CF)c1ccccc1O. The number of aromatic hydroxyl groups is 1. The predicted octanol–water partition coefficient (Wildman–Crippen LogP) is 1.78. The molecule has 1 rings (SSSR count). The standard InChI is InChI=1S/C8H10FNO.ClH/c9-5-7(10)6-3-1-2-4-8(6)11;/h1-4,7,11H,5,10H2;1H/t7-;/m1./s1. The topological polar surface area (TPSA) is 46.2 Å². The van der Waals surface area contributed by atoms with Gasteiger partial charge in [0.25, 0.3) is 0 Å². The van der Waals surface area contributed by atoms with Gasteiger partial charge in [0.1, 0.15) is 12.4 Å². The third-order valence-corrected chi connectivity index (χ3v) is 1.50. The minimum Gasteiger partial charge on any atom is -0.508 e. The number of hydrogen-bond acceptors (Lipinski definition) is 2. The first-order chi connectivity index (χ1) is 5.25. The van der Waals surface area contributed by atoms with Gasteiger partial charge in [-0.3, -0.25) is 0 Å². The lowest BCUT2D eigenvalue weighted by Gasteiger charge is -2.08. The summed E-state index contributed by atoms with van der Waals surface area (Å²) in [5.74, 6) is 0.0534. The van der Waals surface area contributed by atoms with Gasteiger partial charge in [0.05, 0.1) is 6.04 Å². The van der Waals surface area contributed by atoms with Crippen molar-refractivity contribution in [2.45, 2.75) is 6.04 Å². The fourth-order valence-electron chi connectivity index (χ4n) is 0.884. The Hall–Kier alpha value is -0.800. The second-order valence-electron chi connectivity index (χ2n) is 2.32. The van der Waals surface area contributed by atoms with Crippen molar-refractivity contribution in [1.82, 2.24) is 0 Å². The van der Waals surface area contributed by atoms with Gasteiger partial charge in [-0.15, -0.1) is 12.4 Å². The van der Waals surface area contributed by atoms with Crippen molar-refractivity contribution in [3.05, 3.63) is 29.8 Å². The van der Waals surface area contributed by atoms with E-state index in [4.69, 9.17) is 10.8 Å². The van der Waals surface area contributed by atoms with Crippen molar-refractivity contribution in [3.8, 4) is 5.75 Å². The summed E-state index contributed by atoms with van der Waals surface area (Å²) in [5.41, 5.74) is 5.81. The monoisotopic (exact) mass is 191 g/mol. The Kier molecular flexibility index (Phi) is 4.62. The first kappa shape index (κ1) is 11.2. The van der Waals surface area contributed by atoms with E-state index in [0.29, 0.717) is 5.56 Å². The van der Waals surface area contributed by atoms with Gasteiger partial charge in [-0.2, -0.15) is 0 Å². The summed E-state index contributed by atoms with van der Waals surface area (Å²) < 4.78 is 12.0. The Balaban J connectivity index is 0.00000121. The summed E-state index contributed by atoms with van der Waals surface area (Å²) >= 11 is 0. The van der Waals surface area contributed by atoms with Crippen LogP contribution in [0.3, 0.4) is 0 Å². The number of benzene rings is 1. The molecule has 0 aliphatic carbocycles. The second kappa shape index (κ2) is 4.95. The highest BCUT2D eigenvalue weighted by atomic mass is 35.5. The van der Waals surface area contributed by atoms with Gasteiger partial charge < -0.3 is 10.8 Å². The Morgan fingerprint density at radius 2 is 2.00 bits per heavy atom. The number of nitrogens with two attached hydrogens (primary N) is 1. The molecule has 1 aromatic carbocycles. The molecule has 0 saturated heterocycles. The van der Waals surface area contributed by atoms with Crippen LogP contribution in [-0.2, 0) is 0 Å². The first-order valence-electron chi connectivity index (χ1n) is 3.35. The Labute approximate surface area is 76.6 Å². The van der Waals surface area contributed by atoms with Crippen LogP contribution in [0.1, 0.15) is 11.6 Å². The zero-order chi connectivity index (χ0) is 8.27. The van der Waals surface area contributed by atoms with Crippen LogP contribution in [0.4, 0.5) is 4.39 Å². The fourth-order valence-corrected chi connectivity index (χ4v) is 0.884. The van der Waals surface area contributed by atoms with Crippen LogP contribution in [0, 0.1) is 0 Å². The Morgan fingerprint density at radius 3 is 2.50 bits per heavy atom. The van der Waals surface area contributed by atoms with E-state index in [1.165, 1.54) is 6.07 Å². The number of para-hydroxylation sites is 1. The average molecular weight is 192 g/mol. The van der Waals surface area contributed by atoms with Crippen LogP contribution in [0.15, 0.2) is 24.3 Å². The van der Waals surface area contributed by atoms with Gasteiger partial charge in [0.15, 0.2) is 0 Å². The Bertz CT molecular complexity index is 244. The van der Waals surface area contributed by atoms with E-state index in [1.807, 2.05) is 0 Å². The molecule has 0 spiro atoms. The molecule has 0 fully saturated rings. The summed E-state index contributed by atoms with van der Waals surface area (Å²) in [4.78, 5) is 0. The number of rotatable bonds is 2. The molecule has 1 atom stereocenters. The highest BCUT2D eigenvalue weighted by Gasteiger charge is 2.08. The molecule has 68 valence electrons. The molecular formula is C8H11ClFNO. The molecule has 0 aromatic heterocycles. The molecule has 0 unspecified atom stereocenters. The van der Waals surface area contributed by atoms with Gasteiger partial charge in [-0.1, -0.05) is 18.2 Å².